The molecule has 0 spiro atoms. The van der Waals surface area contributed by atoms with Crippen LogP contribution in [-0.2, 0) is 28.5 Å². The third-order valence-electron chi connectivity index (χ3n) is 8.98. The molecular formula is C28H50O7. The number of unbranched alkanes of at least 4 members (excludes halogenated alkanes) is 3. The zero-order valence-electron chi connectivity index (χ0n) is 23.6. The predicted octanol–water partition coefficient (Wildman–Crippen LogP) is 5.66. The van der Waals surface area contributed by atoms with Crippen molar-refractivity contribution in [3.05, 3.63) is 12.2 Å². The molecule has 1 heterocycles. The monoisotopic (exact) mass is 498 g/mol. The van der Waals surface area contributed by atoms with Gasteiger partial charge in [0.05, 0.1) is 31.2 Å². The second kappa shape index (κ2) is 13.2. The lowest BCUT2D eigenvalue weighted by molar-refractivity contribution is -0.322. The molecule has 204 valence electrons. The van der Waals surface area contributed by atoms with Crippen molar-refractivity contribution in [1.82, 2.24) is 0 Å². The van der Waals surface area contributed by atoms with Gasteiger partial charge < -0.3 is 24.1 Å². The van der Waals surface area contributed by atoms with Crippen molar-refractivity contribution in [2.24, 2.45) is 22.2 Å². The highest BCUT2D eigenvalue weighted by Crippen LogP contribution is 2.63. The van der Waals surface area contributed by atoms with Crippen LogP contribution in [0, 0.1) is 22.2 Å². The molecule has 0 amide bonds. The van der Waals surface area contributed by atoms with Crippen LogP contribution < -0.4 is 0 Å². The third-order valence-corrected chi connectivity index (χ3v) is 8.98. The third kappa shape index (κ3) is 7.07. The summed E-state index contributed by atoms with van der Waals surface area (Å²) in [7, 11) is 3.32. The Morgan fingerprint density at radius 1 is 0.971 bits per heavy atom. The number of methoxy groups -OCH3 is 2. The first kappa shape index (κ1) is 31.6. The minimum atomic E-state index is -1.01. The zero-order valence-corrected chi connectivity index (χ0v) is 23.6. The lowest BCUT2D eigenvalue weighted by atomic mass is 9.46. The highest BCUT2D eigenvalue weighted by Gasteiger charge is 2.66. The summed E-state index contributed by atoms with van der Waals surface area (Å²) < 4.78 is 23.6. The summed E-state index contributed by atoms with van der Waals surface area (Å²) in [4.78, 5) is 24.4. The van der Waals surface area contributed by atoms with Gasteiger partial charge in [-0.25, -0.2) is 0 Å². The number of carbonyl (C=O) groups is 2. The normalized spacial score (nSPS) is 28.7. The van der Waals surface area contributed by atoms with Crippen molar-refractivity contribution in [3.63, 3.8) is 0 Å². The predicted molar refractivity (Wildman–Crippen MR) is 137 cm³/mol. The van der Waals surface area contributed by atoms with Gasteiger partial charge in [0.2, 0.25) is 0 Å². The van der Waals surface area contributed by atoms with Gasteiger partial charge in [0.25, 0.3) is 0 Å². The molecule has 0 radical (unpaired) electrons. The molecule has 1 fully saturated rings. The quantitative estimate of drug-likeness (QED) is 0.177. The molecule has 1 aliphatic heterocycles. The molecule has 0 aromatic heterocycles. The molecule has 0 bridgehead atoms. The summed E-state index contributed by atoms with van der Waals surface area (Å²) in [6.45, 7) is 15.9. The van der Waals surface area contributed by atoms with E-state index in [0.29, 0.717) is 19.6 Å². The molecule has 1 rings (SSSR count). The summed E-state index contributed by atoms with van der Waals surface area (Å²) in [5, 5.41) is 9.34. The molecule has 1 N–H and O–H groups in total. The van der Waals surface area contributed by atoms with Crippen molar-refractivity contribution < 1.29 is 33.6 Å². The highest BCUT2D eigenvalue weighted by atomic mass is 16.6. The summed E-state index contributed by atoms with van der Waals surface area (Å²) >= 11 is 0. The molecule has 7 nitrogen and oxygen atoms in total. The SMILES string of the molecule is CCCCCC=CCC(CC(=O)O)C(=O)OCC1OC(C)(COC)C(C)(C)C(C)(C)C1(C)COC. The molecule has 0 saturated carbocycles. The largest absolute Gasteiger partial charge is 0.481 e. The fourth-order valence-corrected chi connectivity index (χ4v) is 5.29. The molecule has 0 aliphatic carbocycles. The second-order valence-corrected chi connectivity index (χ2v) is 11.5. The molecule has 35 heavy (non-hydrogen) atoms. The Labute approximate surface area is 212 Å². The number of esters is 1. The first-order valence-electron chi connectivity index (χ1n) is 12.9. The van der Waals surface area contributed by atoms with Gasteiger partial charge in [-0.15, -0.1) is 0 Å². The summed E-state index contributed by atoms with van der Waals surface area (Å²) in [5.74, 6) is -2.26. The van der Waals surface area contributed by atoms with Crippen molar-refractivity contribution in [2.75, 3.05) is 34.0 Å². The Bertz CT molecular complexity index is 714. The van der Waals surface area contributed by atoms with Crippen molar-refractivity contribution >= 4 is 11.9 Å². The number of rotatable bonds is 15. The Morgan fingerprint density at radius 2 is 1.60 bits per heavy atom. The van der Waals surface area contributed by atoms with Crippen molar-refractivity contribution in [3.8, 4) is 0 Å². The van der Waals surface area contributed by atoms with Gasteiger partial charge in [0.1, 0.15) is 12.7 Å². The minimum absolute atomic E-state index is 0.0217. The van der Waals surface area contributed by atoms with Gasteiger partial charge in [-0.3, -0.25) is 9.59 Å². The van der Waals surface area contributed by atoms with Crippen LogP contribution in [0.3, 0.4) is 0 Å². The molecule has 0 aromatic carbocycles. The molecule has 1 aliphatic rings. The molecule has 0 aromatic rings. The fourth-order valence-electron chi connectivity index (χ4n) is 5.29. The summed E-state index contributed by atoms with van der Waals surface area (Å²) in [6, 6.07) is 0. The van der Waals surface area contributed by atoms with Gasteiger partial charge in [-0.05, 0) is 31.6 Å². The number of hydrogen-bond acceptors (Lipinski definition) is 6. The molecule has 4 unspecified atom stereocenters. The van der Waals surface area contributed by atoms with E-state index in [4.69, 9.17) is 18.9 Å². The van der Waals surface area contributed by atoms with Gasteiger partial charge in [-0.1, -0.05) is 66.5 Å². The molecule has 4 atom stereocenters. The van der Waals surface area contributed by atoms with Crippen LogP contribution in [0.2, 0.25) is 0 Å². The van der Waals surface area contributed by atoms with Crippen LogP contribution in [0.4, 0.5) is 0 Å². The van der Waals surface area contributed by atoms with Gasteiger partial charge in [-0.2, -0.15) is 0 Å². The summed E-state index contributed by atoms with van der Waals surface area (Å²) in [5.41, 5.74) is -1.67. The summed E-state index contributed by atoms with van der Waals surface area (Å²) in [6.07, 6.45) is 7.87. The van der Waals surface area contributed by atoms with Gasteiger partial charge in [0.15, 0.2) is 0 Å². The van der Waals surface area contributed by atoms with Crippen molar-refractivity contribution in [1.29, 1.82) is 0 Å². The van der Waals surface area contributed by atoms with Crippen LogP contribution in [0.1, 0.15) is 87.0 Å². The van der Waals surface area contributed by atoms with Gasteiger partial charge >= 0.3 is 11.9 Å². The van der Waals surface area contributed by atoms with Gasteiger partial charge in [0, 0.05) is 25.0 Å². The van der Waals surface area contributed by atoms with Crippen LogP contribution in [0.5, 0.6) is 0 Å². The van der Waals surface area contributed by atoms with E-state index >= 15 is 0 Å². The number of carboxylic acid groups (broad SMARTS) is 1. The lowest BCUT2D eigenvalue weighted by Crippen LogP contribution is -2.71. The number of aliphatic carboxylic acids is 1. The highest BCUT2D eigenvalue weighted by molar-refractivity contribution is 5.79. The number of ether oxygens (including phenoxy) is 4. The van der Waals surface area contributed by atoms with Crippen LogP contribution in [-0.4, -0.2) is 62.8 Å². The second-order valence-electron chi connectivity index (χ2n) is 11.5. The maximum Gasteiger partial charge on any atom is 0.309 e. The maximum atomic E-state index is 13.0. The van der Waals surface area contributed by atoms with Crippen LogP contribution in [0.15, 0.2) is 12.2 Å². The lowest BCUT2D eigenvalue weighted by Gasteiger charge is -2.66. The first-order chi connectivity index (χ1) is 16.2. The van der Waals surface area contributed by atoms with Crippen LogP contribution >= 0.6 is 0 Å². The molecule has 7 heteroatoms. The van der Waals surface area contributed by atoms with E-state index in [9.17, 15) is 14.7 Å². The standard InChI is InChI=1S/C28H50O7/c1-10-11-12-13-14-15-16-21(17-23(29)30)24(31)34-18-22-27(6,19-32-8)25(2,3)26(4,5)28(7,35-22)20-33-9/h14-15,21-22H,10-13,16-20H2,1-9H3,(H,29,30). The number of carboxylic acids is 1. The van der Waals surface area contributed by atoms with E-state index in [1.165, 1.54) is 0 Å². The molecular weight excluding hydrogens is 448 g/mol. The van der Waals surface area contributed by atoms with E-state index in [2.05, 4.69) is 41.5 Å². The fraction of sp³-hybridized carbons (Fsp3) is 0.857. The van der Waals surface area contributed by atoms with E-state index in [1.807, 2.05) is 19.1 Å². The first-order valence-corrected chi connectivity index (χ1v) is 12.9. The van der Waals surface area contributed by atoms with Crippen LogP contribution in [0.25, 0.3) is 0 Å². The van der Waals surface area contributed by atoms with E-state index in [-0.39, 0.29) is 23.9 Å². The average molecular weight is 499 g/mol. The number of hydrogen-bond donors (Lipinski definition) is 1. The Balaban J connectivity index is 3.08. The Kier molecular flexibility index (Phi) is 11.9. The van der Waals surface area contributed by atoms with E-state index in [1.54, 1.807) is 14.2 Å². The van der Waals surface area contributed by atoms with Crippen molar-refractivity contribution in [2.45, 2.75) is 98.7 Å². The number of carbonyl (C=O) groups excluding carboxylic acids is 1. The smallest absolute Gasteiger partial charge is 0.309 e. The van der Waals surface area contributed by atoms with E-state index in [0.717, 1.165) is 25.7 Å². The minimum Gasteiger partial charge on any atom is -0.481 e. The topological polar surface area (TPSA) is 91.3 Å². The van der Waals surface area contributed by atoms with E-state index < -0.39 is 35.0 Å². The number of allylic oxidation sites excluding steroid dienone is 2. The zero-order chi connectivity index (χ0) is 26.9. The Hall–Kier alpha value is -1.44. The average Bonchev–Trinajstić information content (AvgIpc) is 2.76. The Morgan fingerprint density at radius 3 is 2.14 bits per heavy atom. The molecule has 1 saturated heterocycles. The maximum absolute atomic E-state index is 13.0.